The number of hydrogen-bond donors (Lipinski definition) is 2. The molecule has 0 spiro atoms. The van der Waals surface area contributed by atoms with Gasteiger partial charge in [-0.05, 0) is 78.0 Å². The summed E-state index contributed by atoms with van der Waals surface area (Å²) in [6, 6.07) is 0.831. The molecule has 0 aromatic heterocycles. The fourth-order valence-corrected chi connectivity index (χ4v) is 3.87. The molecule has 4 heteroatoms. The molecule has 3 unspecified atom stereocenters. The van der Waals surface area contributed by atoms with Crippen LogP contribution in [0.2, 0.25) is 0 Å². The number of piperidine rings is 2. The lowest BCUT2D eigenvalue weighted by Crippen LogP contribution is -2.52. The van der Waals surface area contributed by atoms with Crippen molar-refractivity contribution in [2.24, 2.45) is 11.7 Å². The highest BCUT2D eigenvalue weighted by Gasteiger charge is 2.33. The first-order valence-electron chi connectivity index (χ1n) is 8.37. The summed E-state index contributed by atoms with van der Waals surface area (Å²) in [5, 5.41) is 9.90. The number of unbranched alkanes of at least 4 members (excludes halogenated alkanes) is 1. The Bertz CT molecular complexity index is 295. The minimum atomic E-state index is -0.668. The fraction of sp³-hybridized carbons (Fsp3) is 1.00. The van der Waals surface area contributed by atoms with Crippen LogP contribution in [0.5, 0.6) is 0 Å². The number of aliphatic hydroxyl groups is 1. The second-order valence-corrected chi connectivity index (χ2v) is 7.20. The summed E-state index contributed by atoms with van der Waals surface area (Å²) in [5.74, 6) is 0.884. The fourth-order valence-electron chi connectivity index (χ4n) is 3.87. The molecule has 20 heavy (non-hydrogen) atoms. The van der Waals surface area contributed by atoms with E-state index < -0.39 is 5.60 Å². The molecule has 118 valence electrons. The molecule has 0 radical (unpaired) electrons. The van der Waals surface area contributed by atoms with Gasteiger partial charge in [0.2, 0.25) is 0 Å². The average Bonchev–Trinajstić information content (AvgIpc) is 2.44. The molecule has 2 heterocycles. The maximum atomic E-state index is 9.90. The summed E-state index contributed by atoms with van der Waals surface area (Å²) < 4.78 is 0. The summed E-state index contributed by atoms with van der Waals surface area (Å²) in [6.45, 7) is 7.22. The van der Waals surface area contributed by atoms with Crippen molar-refractivity contribution in [3.63, 3.8) is 0 Å². The minimum absolute atomic E-state index is 0.368. The van der Waals surface area contributed by atoms with Gasteiger partial charge in [-0.15, -0.1) is 0 Å². The van der Waals surface area contributed by atoms with Crippen molar-refractivity contribution in [2.75, 3.05) is 39.8 Å². The van der Waals surface area contributed by atoms with Crippen molar-refractivity contribution < 1.29 is 5.11 Å². The molecule has 0 aromatic rings. The van der Waals surface area contributed by atoms with Gasteiger partial charge in [-0.1, -0.05) is 0 Å². The van der Waals surface area contributed by atoms with Gasteiger partial charge in [0.1, 0.15) is 0 Å². The largest absolute Gasteiger partial charge is 0.389 e. The molecule has 2 aliphatic rings. The van der Waals surface area contributed by atoms with Crippen LogP contribution in [0.3, 0.4) is 0 Å². The number of fused-ring (bicyclic) bond motifs is 1. The Morgan fingerprint density at radius 2 is 2.05 bits per heavy atom. The lowest BCUT2D eigenvalue weighted by atomic mass is 9.84. The van der Waals surface area contributed by atoms with Crippen molar-refractivity contribution >= 4 is 0 Å². The zero-order valence-corrected chi connectivity index (χ0v) is 13.4. The Labute approximate surface area is 124 Å². The third kappa shape index (κ3) is 4.42. The predicted molar refractivity (Wildman–Crippen MR) is 83.7 cm³/mol. The molecule has 0 aromatic carbocycles. The molecule has 0 aliphatic carbocycles. The van der Waals surface area contributed by atoms with Gasteiger partial charge in [0.25, 0.3) is 0 Å². The second kappa shape index (κ2) is 7.21. The predicted octanol–water partition coefficient (Wildman–Crippen LogP) is 1.28. The van der Waals surface area contributed by atoms with Gasteiger partial charge < -0.3 is 20.6 Å². The number of nitrogens with zero attached hydrogens (tertiary/aromatic N) is 2. The molecular formula is C16H33N3O. The molecular weight excluding hydrogens is 250 g/mol. The smallest absolute Gasteiger partial charge is 0.0741 e. The molecule has 0 bridgehead atoms. The zero-order valence-electron chi connectivity index (χ0n) is 13.4. The van der Waals surface area contributed by atoms with E-state index in [9.17, 15) is 5.11 Å². The lowest BCUT2D eigenvalue weighted by Gasteiger charge is -2.46. The summed E-state index contributed by atoms with van der Waals surface area (Å²) in [5.41, 5.74) is 4.88. The van der Waals surface area contributed by atoms with E-state index in [4.69, 9.17) is 5.73 Å². The van der Waals surface area contributed by atoms with E-state index in [0.29, 0.717) is 6.54 Å². The maximum Gasteiger partial charge on any atom is 0.0741 e. The molecule has 4 nitrogen and oxygen atoms in total. The number of nitrogens with two attached hydrogens (primary N) is 1. The summed E-state index contributed by atoms with van der Waals surface area (Å²) in [4.78, 5) is 5.21. The van der Waals surface area contributed by atoms with Crippen LogP contribution in [0.15, 0.2) is 0 Å². The van der Waals surface area contributed by atoms with Crippen molar-refractivity contribution in [1.82, 2.24) is 9.80 Å². The van der Waals surface area contributed by atoms with Gasteiger partial charge in [-0.2, -0.15) is 0 Å². The Morgan fingerprint density at radius 3 is 2.80 bits per heavy atom. The normalized spacial score (nSPS) is 31.8. The highest BCUT2D eigenvalue weighted by molar-refractivity contribution is 4.89. The maximum absolute atomic E-state index is 9.90. The first-order chi connectivity index (χ1) is 9.52. The number of likely N-dealkylation sites (tertiary alicyclic amines) is 2. The minimum Gasteiger partial charge on any atom is -0.389 e. The van der Waals surface area contributed by atoms with E-state index in [2.05, 4.69) is 16.8 Å². The third-order valence-electron chi connectivity index (χ3n) is 5.31. The molecule has 0 saturated carbocycles. The van der Waals surface area contributed by atoms with Gasteiger partial charge in [0.05, 0.1) is 5.60 Å². The van der Waals surface area contributed by atoms with Crippen LogP contribution < -0.4 is 5.73 Å². The van der Waals surface area contributed by atoms with E-state index in [1.54, 1.807) is 0 Å². The molecule has 3 atom stereocenters. The first-order valence-corrected chi connectivity index (χ1v) is 8.37. The molecule has 2 saturated heterocycles. The monoisotopic (exact) mass is 283 g/mol. The van der Waals surface area contributed by atoms with Gasteiger partial charge >= 0.3 is 0 Å². The Kier molecular flexibility index (Phi) is 5.84. The van der Waals surface area contributed by atoms with Crippen LogP contribution in [0.4, 0.5) is 0 Å². The van der Waals surface area contributed by atoms with E-state index >= 15 is 0 Å². The number of rotatable bonds is 6. The van der Waals surface area contributed by atoms with Crippen LogP contribution in [-0.2, 0) is 0 Å². The third-order valence-corrected chi connectivity index (χ3v) is 5.31. The Balaban J connectivity index is 1.66. The zero-order chi connectivity index (χ0) is 14.6. The summed E-state index contributed by atoms with van der Waals surface area (Å²) >= 11 is 0. The van der Waals surface area contributed by atoms with E-state index in [1.165, 1.54) is 51.9 Å². The van der Waals surface area contributed by atoms with Crippen molar-refractivity contribution in [3.05, 3.63) is 0 Å². The Hall–Kier alpha value is -0.160. The van der Waals surface area contributed by atoms with Crippen LogP contribution in [0, 0.1) is 5.92 Å². The van der Waals surface area contributed by atoms with E-state index in [0.717, 1.165) is 24.8 Å². The van der Waals surface area contributed by atoms with Gasteiger partial charge in [0.15, 0.2) is 0 Å². The van der Waals surface area contributed by atoms with Crippen molar-refractivity contribution in [2.45, 2.75) is 57.1 Å². The Morgan fingerprint density at radius 1 is 1.25 bits per heavy atom. The van der Waals surface area contributed by atoms with Crippen LogP contribution in [-0.4, -0.2) is 66.3 Å². The molecule has 2 aliphatic heterocycles. The van der Waals surface area contributed by atoms with Crippen LogP contribution >= 0.6 is 0 Å². The average molecular weight is 283 g/mol. The van der Waals surface area contributed by atoms with Crippen molar-refractivity contribution in [3.8, 4) is 0 Å². The standard InChI is InChI=1S/C16H33N3O/c1-16(20,13-17)8-3-4-10-19-11-7-15-14(12-19)6-5-9-18(15)2/h14-15,20H,3-13,17H2,1-2H3. The highest BCUT2D eigenvalue weighted by Crippen LogP contribution is 2.29. The van der Waals surface area contributed by atoms with E-state index in [-0.39, 0.29) is 0 Å². The molecule has 3 N–H and O–H groups in total. The quantitative estimate of drug-likeness (QED) is 0.721. The molecule has 0 amide bonds. The molecule has 2 rings (SSSR count). The van der Waals surface area contributed by atoms with Gasteiger partial charge in [-0.3, -0.25) is 0 Å². The topological polar surface area (TPSA) is 52.7 Å². The van der Waals surface area contributed by atoms with Gasteiger partial charge in [-0.25, -0.2) is 0 Å². The van der Waals surface area contributed by atoms with Crippen LogP contribution in [0.1, 0.15) is 45.4 Å². The van der Waals surface area contributed by atoms with E-state index in [1.807, 2.05) is 6.92 Å². The summed E-state index contributed by atoms with van der Waals surface area (Å²) in [7, 11) is 2.29. The number of hydrogen-bond acceptors (Lipinski definition) is 4. The lowest BCUT2D eigenvalue weighted by molar-refractivity contribution is 0.0346. The van der Waals surface area contributed by atoms with Crippen molar-refractivity contribution in [1.29, 1.82) is 0 Å². The van der Waals surface area contributed by atoms with Crippen LogP contribution in [0.25, 0.3) is 0 Å². The SMILES string of the molecule is CN1CCCC2CN(CCCCC(C)(O)CN)CCC21. The second-order valence-electron chi connectivity index (χ2n) is 7.20. The summed E-state index contributed by atoms with van der Waals surface area (Å²) in [6.07, 6.45) is 7.20. The highest BCUT2D eigenvalue weighted by atomic mass is 16.3. The van der Waals surface area contributed by atoms with Gasteiger partial charge in [0, 0.05) is 19.1 Å². The first kappa shape index (κ1) is 16.2. The molecule has 2 fully saturated rings.